The molecule has 0 aliphatic carbocycles. The molecular formula is C12H16N2O3. The summed E-state index contributed by atoms with van der Waals surface area (Å²) in [4.78, 5) is 24.2. The SMILES string of the molecule is CCC(C(=O)O)N(C)C(=O)c1ccccc1N. The number of para-hydroxylation sites is 1. The van der Waals surface area contributed by atoms with E-state index in [2.05, 4.69) is 0 Å². The third-order valence-electron chi connectivity index (χ3n) is 2.65. The number of nitrogens with zero attached hydrogens (tertiary/aromatic N) is 1. The molecule has 1 aromatic rings. The van der Waals surface area contributed by atoms with Crippen LogP contribution in [0.15, 0.2) is 24.3 Å². The molecule has 0 radical (unpaired) electrons. The van der Waals surface area contributed by atoms with Crippen molar-refractivity contribution in [1.29, 1.82) is 0 Å². The minimum absolute atomic E-state index is 0.328. The Morgan fingerprint density at radius 1 is 1.41 bits per heavy atom. The van der Waals surface area contributed by atoms with Gasteiger partial charge in [-0.3, -0.25) is 4.79 Å². The molecule has 92 valence electrons. The Labute approximate surface area is 99.8 Å². The van der Waals surface area contributed by atoms with E-state index < -0.39 is 12.0 Å². The summed E-state index contributed by atoms with van der Waals surface area (Å²) in [6.45, 7) is 1.72. The average Bonchev–Trinajstić information content (AvgIpc) is 2.29. The summed E-state index contributed by atoms with van der Waals surface area (Å²) in [7, 11) is 1.47. The number of aliphatic carboxylic acids is 1. The zero-order chi connectivity index (χ0) is 13.0. The highest BCUT2D eigenvalue weighted by atomic mass is 16.4. The van der Waals surface area contributed by atoms with Gasteiger partial charge in [0, 0.05) is 12.7 Å². The van der Waals surface area contributed by atoms with Gasteiger partial charge in [0.15, 0.2) is 0 Å². The maximum Gasteiger partial charge on any atom is 0.326 e. The minimum Gasteiger partial charge on any atom is -0.480 e. The predicted octanol–water partition coefficient (Wildman–Crippen LogP) is 1.20. The molecule has 0 saturated carbocycles. The van der Waals surface area contributed by atoms with E-state index in [-0.39, 0.29) is 5.91 Å². The van der Waals surface area contributed by atoms with Crippen molar-refractivity contribution < 1.29 is 14.7 Å². The molecule has 0 saturated heterocycles. The molecule has 1 aromatic carbocycles. The van der Waals surface area contributed by atoms with E-state index in [9.17, 15) is 9.59 Å². The molecule has 0 fully saturated rings. The lowest BCUT2D eigenvalue weighted by Gasteiger charge is -2.24. The molecule has 0 aliphatic heterocycles. The Balaban J connectivity index is 2.98. The maximum atomic E-state index is 12.1. The smallest absolute Gasteiger partial charge is 0.326 e. The first-order valence-corrected chi connectivity index (χ1v) is 5.33. The first kappa shape index (κ1) is 13.0. The van der Waals surface area contributed by atoms with Crippen LogP contribution in [0.25, 0.3) is 0 Å². The number of nitrogens with two attached hydrogens (primary N) is 1. The van der Waals surface area contributed by atoms with Gasteiger partial charge in [0.1, 0.15) is 6.04 Å². The van der Waals surface area contributed by atoms with Crippen LogP contribution in [0.5, 0.6) is 0 Å². The van der Waals surface area contributed by atoms with Gasteiger partial charge in [-0.15, -0.1) is 0 Å². The van der Waals surface area contributed by atoms with Crippen molar-refractivity contribution in [2.75, 3.05) is 12.8 Å². The van der Waals surface area contributed by atoms with Crippen LogP contribution in [0.1, 0.15) is 23.7 Å². The number of amides is 1. The average molecular weight is 236 g/mol. The zero-order valence-electron chi connectivity index (χ0n) is 9.88. The van der Waals surface area contributed by atoms with Crippen molar-refractivity contribution in [3.05, 3.63) is 29.8 Å². The monoisotopic (exact) mass is 236 g/mol. The molecular weight excluding hydrogens is 220 g/mol. The number of likely N-dealkylation sites (N-methyl/N-ethyl adjacent to an activating group) is 1. The van der Waals surface area contributed by atoms with Crippen molar-refractivity contribution in [3.63, 3.8) is 0 Å². The Bertz CT molecular complexity index is 432. The van der Waals surface area contributed by atoms with E-state index >= 15 is 0 Å². The quantitative estimate of drug-likeness (QED) is 0.769. The van der Waals surface area contributed by atoms with E-state index in [1.807, 2.05) is 0 Å². The molecule has 0 bridgehead atoms. The third kappa shape index (κ3) is 2.75. The summed E-state index contributed by atoms with van der Waals surface area (Å²) < 4.78 is 0. The van der Waals surface area contributed by atoms with Crippen LogP contribution in [0.3, 0.4) is 0 Å². The predicted molar refractivity (Wildman–Crippen MR) is 64.7 cm³/mol. The maximum absolute atomic E-state index is 12.1. The Hall–Kier alpha value is -2.04. The molecule has 0 heterocycles. The highest BCUT2D eigenvalue weighted by molar-refractivity contribution is 6.00. The normalized spacial score (nSPS) is 11.9. The van der Waals surface area contributed by atoms with E-state index in [1.165, 1.54) is 11.9 Å². The first-order chi connectivity index (χ1) is 7.99. The van der Waals surface area contributed by atoms with Gasteiger partial charge in [0.25, 0.3) is 5.91 Å². The van der Waals surface area contributed by atoms with E-state index in [0.717, 1.165) is 0 Å². The number of carboxylic acids is 1. The topological polar surface area (TPSA) is 83.6 Å². The lowest BCUT2D eigenvalue weighted by atomic mass is 10.1. The second-order valence-corrected chi connectivity index (χ2v) is 3.77. The number of hydrogen-bond donors (Lipinski definition) is 2. The second-order valence-electron chi connectivity index (χ2n) is 3.77. The van der Waals surface area contributed by atoms with Gasteiger partial charge in [0.2, 0.25) is 0 Å². The van der Waals surface area contributed by atoms with Crippen LogP contribution in [-0.2, 0) is 4.79 Å². The van der Waals surface area contributed by atoms with Gasteiger partial charge in [-0.1, -0.05) is 19.1 Å². The first-order valence-electron chi connectivity index (χ1n) is 5.33. The molecule has 1 atom stereocenters. The molecule has 1 amide bonds. The molecule has 0 spiro atoms. The summed E-state index contributed by atoms with van der Waals surface area (Å²) in [5.74, 6) is -1.39. The van der Waals surface area contributed by atoms with E-state index in [0.29, 0.717) is 17.7 Å². The molecule has 1 unspecified atom stereocenters. The van der Waals surface area contributed by atoms with Crippen molar-refractivity contribution in [3.8, 4) is 0 Å². The van der Waals surface area contributed by atoms with Crippen LogP contribution in [0.2, 0.25) is 0 Å². The molecule has 5 nitrogen and oxygen atoms in total. The minimum atomic E-state index is -1.02. The van der Waals surface area contributed by atoms with E-state index in [1.54, 1.807) is 31.2 Å². The van der Waals surface area contributed by atoms with Crippen LogP contribution >= 0.6 is 0 Å². The summed E-state index contributed by atoms with van der Waals surface area (Å²) in [5.41, 5.74) is 6.36. The molecule has 17 heavy (non-hydrogen) atoms. The zero-order valence-corrected chi connectivity index (χ0v) is 9.88. The summed E-state index contributed by atoms with van der Waals surface area (Å²) in [6.07, 6.45) is 0.351. The van der Waals surface area contributed by atoms with Gasteiger partial charge in [0.05, 0.1) is 5.56 Å². The number of benzene rings is 1. The molecule has 0 aromatic heterocycles. The van der Waals surface area contributed by atoms with Gasteiger partial charge in [-0.05, 0) is 18.6 Å². The Morgan fingerprint density at radius 2 is 2.00 bits per heavy atom. The number of carbonyl (C=O) groups excluding carboxylic acids is 1. The van der Waals surface area contributed by atoms with Gasteiger partial charge in [-0.2, -0.15) is 0 Å². The Morgan fingerprint density at radius 3 is 2.47 bits per heavy atom. The fourth-order valence-corrected chi connectivity index (χ4v) is 1.64. The number of hydrogen-bond acceptors (Lipinski definition) is 3. The summed E-state index contributed by atoms with van der Waals surface area (Å²) in [5, 5.41) is 8.98. The molecule has 5 heteroatoms. The van der Waals surface area contributed by atoms with Gasteiger partial charge >= 0.3 is 5.97 Å². The van der Waals surface area contributed by atoms with Crippen LogP contribution < -0.4 is 5.73 Å². The standard InChI is InChI=1S/C12H16N2O3/c1-3-10(12(16)17)14(2)11(15)8-6-4-5-7-9(8)13/h4-7,10H,3,13H2,1-2H3,(H,16,17). The van der Waals surface area contributed by atoms with Gasteiger partial charge < -0.3 is 15.7 Å². The number of rotatable bonds is 4. The number of carbonyl (C=O) groups is 2. The summed E-state index contributed by atoms with van der Waals surface area (Å²) in [6, 6.07) is 5.78. The fraction of sp³-hybridized carbons (Fsp3) is 0.333. The molecule has 3 N–H and O–H groups in total. The third-order valence-corrected chi connectivity index (χ3v) is 2.65. The molecule has 1 rings (SSSR count). The second kappa shape index (κ2) is 5.34. The lowest BCUT2D eigenvalue weighted by Crippen LogP contribution is -2.42. The summed E-state index contributed by atoms with van der Waals surface area (Å²) >= 11 is 0. The van der Waals surface area contributed by atoms with Crippen molar-refractivity contribution in [2.24, 2.45) is 0 Å². The number of anilines is 1. The highest BCUT2D eigenvalue weighted by Gasteiger charge is 2.26. The number of nitrogen functional groups attached to an aromatic ring is 1. The van der Waals surface area contributed by atoms with Crippen molar-refractivity contribution in [2.45, 2.75) is 19.4 Å². The fourth-order valence-electron chi connectivity index (χ4n) is 1.64. The van der Waals surface area contributed by atoms with Crippen LogP contribution in [-0.4, -0.2) is 35.0 Å². The van der Waals surface area contributed by atoms with Crippen LogP contribution in [0, 0.1) is 0 Å². The lowest BCUT2D eigenvalue weighted by molar-refractivity contribution is -0.142. The van der Waals surface area contributed by atoms with Crippen molar-refractivity contribution >= 4 is 17.6 Å². The largest absolute Gasteiger partial charge is 0.480 e. The highest BCUT2D eigenvalue weighted by Crippen LogP contribution is 2.15. The molecule has 0 aliphatic rings. The van der Waals surface area contributed by atoms with Crippen molar-refractivity contribution in [1.82, 2.24) is 4.90 Å². The van der Waals surface area contributed by atoms with Crippen LogP contribution in [0.4, 0.5) is 5.69 Å². The number of carboxylic acid groups (broad SMARTS) is 1. The van der Waals surface area contributed by atoms with Gasteiger partial charge in [-0.25, -0.2) is 4.79 Å². The Kier molecular flexibility index (Phi) is 4.09. The van der Waals surface area contributed by atoms with E-state index in [4.69, 9.17) is 10.8 Å².